The van der Waals surface area contributed by atoms with Crippen LogP contribution in [0.4, 0.5) is 9.59 Å². The van der Waals surface area contributed by atoms with Gasteiger partial charge < -0.3 is 63.1 Å². The van der Waals surface area contributed by atoms with Gasteiger partial charge in [-0.2, -0.15) is 0 Å². The molecule has 1 aliphatic heterocycles. The highest BCUT2D eigenvalue weighted by Crippen LogP contribution is 2.29. The second-order valence-corrected chi connectivity index (χ2v) is 16.0. The van der Waals surface area contributed by atoms with Crippen LogP contribution in [0.5, 0.6) is 0 Å². The fourth-order valence-corrected chi connectivity index (χ4v) is 7.10. The average Bonchev–Trinajstić information content (AvgIpc) is 3.13. The van der Waals surface area contributed by atoms with E-state index in [1.165, 1.54) is 21.1 Å². The molecule has 0 saturated carbocycles. The Hall–Kier alpha value is -2.60. The smallest absolute Gasteiger partial charge is 0.465 e. The molecule has 10 unspecified atom stereocenters. The van der Waals surface area contributed by atoms with Gasteiger partial charge in [-0.3, -0.25) is 4.79 Å². The summed E-state index contributed by atoms with van der Waals surface area (Å²) in [6.45, 7) is 21.6. The first-order valence-electron chi connectivity index (χ1n) is 21.0. The van der Waals surface area contributed by atoms with E-state index >= 15 is 0 Å². The second-order valence-electron chi connectivity index (χ2n) is 16.0. The van der Waals surface area contributed by atoms with Crippen molar-refractivity contribution in [2.24, 2.45) is 23.7 Å². The van der Waals surface area contributed by atoms with E-state index < -0.39 is 49.5 Å². The van der Waals surface area contributed by atoms with Crippen molar-refractivity contribution in [2.75, 3.05) is 34.9 Å². The van der Waals surface area contributed by atoms with Crippen LogP contribution in [-0.2, 0) is 42.7 Å². The van der Waals surface area contributed by atoms with Crippen LogP contribution >= 0.6 is 0 Å². The molecule has 58 heavy (non-hydrogen) atoms. The van der Waals surface area contributed by atoms with E-state index in [-0.39, 0.29) is 36.0 Å². The zero-order chi connectivity index (χ0) is 45.1. The molecule has 16 nitrogen and oxygen atoms in total. The summed E-state index contributed by atoms with van der Waals surface area (Å²) in [5.41, 5.74) is 0. The largest absolute Gasteiger partial charge is 0.508 e. The minimum absolute atomic E-state index is 0.0275. The lowest BCUT2D eigenvalue weighted by atomic mass is 9.84. The van der Waals surface area contributed by atoms with Gasteiger partial charge >= 0.3 is 18.2 Å². The van der Waals surface area contributed by atoms with Gasteiger partial charge in [0.1, 0.15) is 12.4 Å². The van der Waals surface area contributed by atoms with E-state index in [1.807, 2.05) is 41.8 Å². The summed E-state index contributed by atoms with van der Waals surface area (Å²) in [4.78, 5) is 48.7. The molecule has 0 aromatic carbocycles. The summed E-state index contributed by atoms with van der Waals surface area (Å²) in [5.74, 6) is -0.259. The van der Waals surface area contributed by atoms with E-state index in [4.69, 9.17) is 28.8 Å². The number of carbonyl (C=O) groups excluding carboxylic acids is 2. The van der Waals surface area contributed by atoms with Gasteiger partial charge in [0.2, 0.25) is 12.6 Å². The van der Waals surface area contributed by atoms with Crippen molar-refractivity contribution in [1.82, 2.24) is 9.80 Å². The van der Waals surface area contributed by atoms with Crippen LogP contribution in [0.2, 0.25) is 0 Å². The molecule has 1 rings (SSSR count). The van der Waals surface area contributed by atoms with E-state index in [9.17, 15) is 29.4 Å². The highest BCUT2D eigenvalue weighted by molar-refractivity contribution is 5.66. The molecule has 0 radical (unpaired) electrons. The van der Waals surface area contributed by atoms with Crippen LogP contribution < -0.4 is 0 Å². The highest BCUT2D eigenvalue weighted by Gasteiger charge is 2.32. The lowest BCUT2D eigenvalue weighted by Gasteiger charge is -2.35. The number of rotatable bonds is 25. The predicted molar refractivity (Wildman–Crippen MR) is 221 cm³/mol. The van der Waals surface area contributed by atoms with Gasteiger partial charge in [-0.15, -0.1) is 0 Å². The topological polar surface area (TPSA) is 200 Å². The van der Waals surface area contributed by atoms with Gasteiger partial charge in [0.05, 0.1) is 12.2 Å². The maximum Gasteiger partial charge on any atom is 0.508 e. The fourth-order valence-electron chi connectivity index (χ4n) is 7.10. The number of hydrogen-bond acceptors (Lipinski definition) is 13. The summed E-state index contributed by atoms with van der Waals surface area (Å²) >= 11 is 0. The number of nitrogens with zero attached hydrogens (tertiary/aromatic N) is 2. The van der Waals surface area contributed by atoms with Crippen LogP contribution in [-0.4, -0.2) is 140 Å². The minimum atomic E-state index is -1.30. The third-order valence-corrected chi connectivity index (χ3v) is 10.0. The molecule has 0 spiro atoms. The van der Waals surface area contributed by atoms with Crippen LogP contribution in [0, 0.1) is 23.7 Å². The first-order valence-corrected chi connectivity index (χ1v) is 21.0. The molecule has 1 saturated heterocycles. The van der Waals surface area contributed by atoms with Crippen molar-refractivity contribution < 1.29 is 67.7 Å². The first-order chi connectivity index (χ1) is 27.1. The van der Waals surface area contributed by atoms with Gasteiger partial charge in [0, 0.05) is 58.5 Å². The Kier molecular flexibility index (Phi) is 31.9. The Bertz CT molecular complexity index is 1090. The standard InChI is InChI=1S/C29H55NO8.C8H17NO2.C5H10O4/c1-11-13-19(3)17-30(29(33)34)23(7)16-20(4)15-21(5)27(22(6)18-31)38-26(14-12-2)36-24(8)28(35-10)37-25(9)32;1-6-4-7(9(2)3)5-8(10)11-6;1-3-4(8-2)9-5(6)7/h18-24,26-28H,11-17H2,1-10H3,(H,33,34);6-8,10H,4-5H2,1-3H3;4H,3H2,1-2H3,(H,6,7)/t19-,20?,21?,22?,23-,24+,26?,27?,28?;;/m1../s1. The zero-order valence-electron chi connectivity index (χ0n) is 38.4. The van der Waals surface area contributed by atoms with Gasteiger partial charge in [-0.1, -0.05) is 61.3 Å². The molecule has 1 fully saturated rings. The number of carboxylic acid groups (broad SMARTS) is 2. The second kappa shape index (κ2) is 32.2. The number of aliphatic hydroxyl groups excluding tert-OH is 1. The Morgan fingerprint density at radius 2 is 1.45 bits per heavy atom. The Balaban J connectivity index is 0. The molecule has 0 bridgehead atoms. The summed E-state index contributed by atoms with van der Waals surface area (Å²) in [7, 11) is 6.92. The number of methoxy groups -OCH3 is 2. The van der Waals surface area contributed by atoms with Crippen LogP contribution in [0.15, 0.2) is 0 Å². The van der Waals surface area contributed by atoms with Crippen molar-refractivity contribution in [2.45, 2.75) is 190 Å². The molecule has 1 amide bonds. The van der Waals surface area contributed by atoms with E-state index in [2.05, 4.69) is 42.1 Å². The third-order valence-electron chi connectivity index (χ3n) is 10.0. The Morgan fingerprint density at radius 1 is 0.845 bits per heavy atom. The quantitative estimate of drug-likeness (QED) is 0.0460. The summed E-state index contributed by atoms with van der Waals surface area (Å²) < 4.78 is 37.0. The minimum Gasteiger partial charge on any atom is -0.465 e. The molecule has 344 valence electrons. The summed E-state index contributed by atoms with van der Waals surface area (Å²) in [6.07, 6.45) is 2.50. The van der Waals surface area contributed by atoms with Crippen LogP contribution in [0.25, 0.3) is 0 Å². The molecular formula is C42H82N2O14. The lowest BCUT2D eigenvalue weighted by molar-refractivity contribution is -0.258. The third kappa shape index (κ3) is 25.8. The Labute approximate surface area is 349 Å². The molecule has 1 aliphatic rings. The monoisotopic (exact) mass is 839 g/mol. The normalized spacial score (nSPS) is 21.8. The number of aliphatic hydroxyl groups is 1. The summed E-state index contributed by atoms with van der Waals surface area (Å²) in [6, 6.07) is 0.356. The van der Waals surface area contributed by atoms with Crippen molar-refractivity contribution in [3.63, 3.8) is 0 Å². The maximum absolute atomic E-state index is 11.9. The number of carbonyl (C=O) groups is 4. The average molecular weight is 839 g/mol. The first kappa shape index (κ1) is 57.5. The van der Waals surface area contributed by atoms with Crippen molar-refractivity contribution in [3.8, 4) is 0 Å². The fraction of sp³-hybridized carbons (Fsp3) is 0.905. The van der Waals surface area contributed by atoms with Crippen molar-refractivity contribution in [1.29, 1.82) is 0 Å². The van der Waals surface area contributed by atoms with E-state index in [0.29, 0.717) is 31.3 Å². The number of esters is 1. The van der Waals surface area contributed by atoms with E-state index in [0.717, 1.165) is 51.2 Å². The predicted octanol–water partition coefficient (Wildman–Crippen LogP) is 7.63. The van der Waals surface area contributed by atoms with Gasteiger partial charge in [-0.05, 0) is 84.7 Å². The number of amides is 1. The molecule has 3 N–H and O–H groups in total. The van der Waals surface area contributed by atoms with Gasteiger partial charge in [0.25, 0.3) is 0 Å². The van der Waals surface area contributed by atoms with Crippen molar-refractivity contribution >= 4 is 24.5 Å². The molecule has 0 aromatic rings. The molecular weight excluding hydrogens is 756 g/mol. The number of ether oxygens (including phenoxy) is 7. The van der Waals surface area contributed by atoms with Crippen molar-refractivity contribution in [3.05, 3.63) is 0 Å². The molecule has 13 atom stereocenters. The lowest BCUT2D eigenvalue weighted by Crippen LogP contribution is -2.42. The molecule has 16 heteroatoms. The molecule has 0 aliphatic carbocycles. The van der Waals surface area contributed by atoms with Gasteiger partial charge in [0.15, 0.2) is 12.6 Å². The van der Waals surface area contributed by atoms with Crippen LogP contribution in [0.3, 0.4) is 0 Å². The SMILES string of the molecule is CC1CC(N(C)C)CC(O)O1.CCC(OC)OC(=O)O.CCCC(OC(C(C)C=O)C(C)CC(C)C[C@@H](C)N(C[C@H](C)CCC)C(=O)O)O[C@@H](C)C(OC)OC(C)=O. The van der Waals surface area contributed by atoms with E-state index in [1.54, 1.807) is 18.7 Å². The molecule has 1 heterocycles. The highest BCUT2D eigenvalue weighted by atomic mass is 16.8. The molecule has 0 aromatic heterocycles. The number of hydrogen-bond donors (Lipinski definition) is 3. The van der Waals surface area contributed by atoms with Gasteiger partial charge in [-0.25, -0.2) is 9.59 Å². The zero-order valence-corrected chi connectivity index (χ0v) is 38.4. The summed E-state index contributed by atoms with van der Waals surface area (Å²) in [5, 5.41) is 27.1. The van der Waals surface area contributed by atoms with Crippen LogP contribution in [0.1, 0.15) is 134 Å². The maximum atomic E-state index is 11.9. The number of aldehydes is 1. The Morgan fingerprint density at radius 3 is 1.86 bits per heavy atom.